The largest absolute Gasteiger partial charge is 0.377 e. The minimum atomic E-state index is 0.380. The summed E-state index contributed by atoms with van der Waals surface area (Å²) in [6.07, 6.45) is 6.16. The first-order chi connectivity index (χ1) is 7.36. The van der Waals surface area contributed by atoms with E-state index in [0.29, 0.717) is 6.10 Å². The van der Waals surface area contributed by atoms with Gasteiger partial charge < -0.3 is 10.1 Å². The van der Waals surface area contributed by atoms with E-state index in [1.807, 2.05) is 6.07 Å². The molecule has 0 amide bonds. The van der Waals surface area contributed by atoms with Crippen molar-refractivity contribution in [3.8, 4) is 0 Å². The van der Waals surface area contributed by atoms with Gasteiger partial charge in [-0.1, -0.05) is 11.6 Å². The van der Waals surface area contributed by atoms with Crippen molar-refractivity contribution in [2.45, 2.75) is 25.5 Å². The monoisotopic (exact) mass is 226 g/mol. The van der Waals surface area contributed by atoms with Crippen LogP contribution in [0.4, 0.5) is 0 Å². The van der Waals surface area contributed by atoms with E-state index >= 15 is 0 Å². The molecule has 1 aliphatic heterocycles. The van der Waals surface area contributed by atoms with E-state index in [1.54, 1.807) is 12.4 Å². The summed E-state index contributed by atoms with van der Waals surface area (Å²) in [5.74, 6) is 0. The fourth-order valence-corrected chi connectivity index (χ4v) is 1.91. The van der Waals surface area contributed by atoms with Gasteiger partial charge in [-0.15, -0.1) is 0 Å². The fourth-order valence-electron chi connectivity index (χ4n) is 1.72. The van der Waals surface area contributed by atoms with Crippen molar-refractivity contribution in [2.24, 2.45) is 0 Å². The molecule has 2 rings (SSSR count). The number of hydrogen-bond acceptors (Lipinski definition) is 3. The molecule has 0 aromatic carbocycles. The normalized spacial score (nSPS) is 20.7. The van der Waals surface area contributed by atoms with Crippen LogP contribution in [0, 0.1) is 0 Å². The standard InChI is InChI=1S/C11H15ClN2O/c12-11-8-13-4-3-9(11)6-14-7-10-2-1-5-15-10/h3-4,8,10,14H,1-2,5-7H2. The summed E-state index contributed by atoms with van der Waals surface area (Å²) in [7, 11) is 0. The highest BCUT2D eigenvalue weighted by Crippen LogP contribution is 2.14. The Labute approximate surface area is 94.8 Å². The average Bonchev–Trinajstić information content (AvgIpc) is 2.74. The predicted molar refractivity (Wildman–Crippen MR) is 59.9 cm³/mol. The molecule has 0 saturated carbocycles. The first-order valence-corrected chi connectivity index (χ1v) is 5.65. The van der Waals surface area contributed by atoms with Gasteiger partial charge in [-0.25, -0.2) is 0 Å². The van der Waals surface area contributed by atoms with Crippen LogP contribution in [0.5, 0.6) is 0 Å². The molecule has 1 saturated heterocycles. The maximum Gasteiger partial charge on any atom is 0.0700 e. The Morgan fingerprint density at radius 2 is 2.53 bits per heavy atom. The zero-order valence-corrected chi connectivity index (χ0v) is 9.33. The van der Waals surface area contributed by atoms with Crippen LogP contribution in [-0.2, 0) is 11.3 Å². The predicted octanol–water partition coefficient (Wildman–Crippen LogP) is 2.00. The Balaban J connectivity index is 1.75. The summed E-state index contributed by atoms with van der Waals surface area (Å²) < 4.78 is 5.51. The van der Waals surface area contributed by atoms with Crippen molar-refractivity contribution in [1.82, 2.24) is 10.3 Å². The van der Waals surface area contributed by atoms with Crippen molar-refractivity contribution >= 4 is 11.6 Å². The van der Waals surface area contributed by atoms with Gasteiger partial charge >= 0.3 is 0 Å². The van der Waals surface area contributed by atoms with E-state index < -0.39 is 0 Å². The maximum absolute atomic E-state index is 5.99. The van der Waals surface area contributed by atoms with Crippen molar-refractivity contribution < 1.29 is 4.74 Å². The Hall–Kier alpha value is -0.640. The lowest BCUT2D eigenvalue weighted by Gasteiger charge is -2.11. The number of nitrogens with zero attached hydrogens (tertiary/aromatic N) is 1. The van der Waals surface area contributed by atoms with Crippen LogP contribution in [0.1, 0.15) is 18.4 Å². The van der Waals surface area contributed by atoms with Gasteiger partial charge in [0.25, 0.3) is 0 Å². The number of nitrogens with one attached hydrogen (secondary N) is 1. The van der Waals surface area contributed by atoms with Gasteiger partial charge in [-0.2, -0.15) is 0 Å². The minimum Gasteiger partial charge on any atom is -0.377 e. The van der Waals surface area contributed by atoms with Gasteiger partial charge in [0.15, 0.2) is 0 Å². The summed E-state index contributed by atoms with van der Waals surface area (Å²) in [6, 6.07) is 1.94. The molecule has 1 aromatic heterocycles. The summed E-state index contributed by atoms with van der Waals surface area (Å²) in [4.78, 5) is 3.95. The lowest BCUT2D eigenvalue weighted by molar-refractivity contribution is 0.110. The number of ether oxygens (including phenoxy) is 1. The molecule has 15 heavy (non-hydrogen) atoms. The van der Waals surface area contributed by atoms with Crippen LogP contribution in [0.2, 0.25) is 5.02 Å². The third-order valence-electron chi connectivity index (χ3n) is 2.57. The number of aromatic nitrogens is 1. The van der Waals surface area contributed by atoms with E-state index in [1.165, 1.54) is 6.42 Å². The third kappa shape index (κ3) is 3.16. The van der Waals surface area contributed by atoms with Gasteiger partial charge in [-0.05, 0) is 24.5 Å². The highest BCUT2D eigenvalue weighted by atomic mass is 35.5. The summed E-state index contributed by atoms with van der Waals surface area (Å²) in [5.41, 5.74) is 1.09. The first-order valence-electron chi connectivity index (χ1n) is 5.27. The molecular formula is C11H15ClN2O. The molecule has 0 bridgehead atoms. The summed E-state index contributed by atoms with van der Waals surface area (Å²) in [6.45, 7) is 2.59. The molecular weight excluding hydrogens is 212 g/mol. The Morgan fingerprint density at radius 1 is 1.60 bits per heavy atom. The third-order valence-corrected chi connectivity index (χ3v) is 2.91. The van der Waals surface area contributed by atoms with Gasteiger partial charge in [0.1, 0.15) is 0 Å². The molecule has 1 aliphatic rings. The Kier molecular flexibility index (Phi) is 3.94. The molecule has 0 spiro atoms. The topological polar surface area (TPSA) is 34.2 Å². The van der Waals surface area contributed by atoms with Gasteiger partial charge in [0.2, 0.25) is 0 Å². The lowest BCUT2D eigenvalue weighted by atomic mass is 10.2. The van der Waals surface area contributed by atoms with Crippen LogP contribution in [0.3, 0.4) is 0 Å². The van der Waals surface area contributed by atoms with E-state index in [4.69, 9.17) is 16.3 Å². The van der Waals surface area contributed by atoms with E-state index in [9.17, 15) is 0 Å². The molecule has 0 aliphatic carbocycles. The second-order valence-corrected chi connectivity index (χ2v) is 4.14. The molecule has 1 atom stereocenters. The maximum atomic E-state index is 5.99. The summed E-state index contributed by atoms with van der Waals surface area (Å²) in [5, 5.41) is 4.07. The van der Waals surface area contributed by atoms with Gasteiger partial charge in [-0.3, -0.25) is 4.98 Å². The Bertz CT molecular complexity index is 313. The Morgan fingerprint density at radius 3 is 3.27 bits per heavy atom. The molecule has 4 heteroatoms. The van der Waals surface area contributed by atoms with Gasteiger partial charge in [0.05, 0.1) is 11.1 Å². The van der Waals surface area contributed by atoms with Crippen LogP contribution in [0.25, 0.3) is 0 Å². The quantitative estimate of drug-likeness (QED) is 0.853. The number of rotatable bonds is 4. The summed E-state index contributed by atoms with van der Waals surface area (Å²) >= 11 is 5.99. The highest BCUT2D eigenvalue weighted by molar-refractivity contribution is 6.31. The number of halogens is 1. The lowest BCUT2D eigenvalue weighted by Crippen LogP contribution is -2.25. The minimum absolute atomic E-state index is 0.380. The van der Waals surface area contributed by atoms with E-state index in [2.05, 4.69) is 10.3 Å². The molecule has 0 radical (unpaired) electrons. The van der Waals surface area contributed by atoms with Gasteiger partial charge in [0, 0.05) is 32.1 Å². The van der Waals surface area contributed by atoms with Crippen LogP contribution in [-0.4, -0.2) is 24.2 Å². The second kappa shape index (κ2) is 5.45. The molecule has 1 N–H and O–H groups in total. The zero-order chi connectivity index (χ0) is 10.5. The smallest absolute Gasteiger partial charge is 0.0700 e. The van der Waals surface area contributed by atoms with Crippen molar-refractivity contribution in [3.05, 3.63) is 29.0 Å². The van der Waals surface area contributed by atoms with Crippen molar-refractivity contribution in [1.29, 1.82) is 0 Å². The van der Waals surface area contributed by atoms with Crippen molar-refractivity contribution in [2.75, 3.05) is 13.2 Å². The van der Waals surface area contributed by atoms with E-state index in [-0.39, 0.29) is 0 Å². The molecule has 1 aromatic rings. The SMILES string of the molecule is Clc1cnccc1CNCC1CCCO1. The van der Waals surface area contributed by atoms with Crippen molar-refractivity contribution in [3.63, 3.8) is 0 Å². The molecule has 3 nitrogen and oxygen atoms in total. The highest BCUT2D eigenvalue weighted by Gasteiger charge is 2.14. The number of hydrogen-bond donors (Lipinski definition) is 1. The fraction of sp³-hybridized carbons (Fsp3) is 0.545. The molecule has 2 heterocycles. The van der Waals surface area contributed by atoms with Crippen LogP contribution >= 0.6 is 11.6 Å². The van der Waals surface area contributed by atoms with Crippen LogP contribution < -0.4 is 5.32 Å². The molecule has 1 unspecified atom stereocenters. The van der Waals surface area contributed by atoms with E-state index in [0.717, 1.165) is 36.7 Å². The first kappa shape index (κ1) is 10.9. The number of pyridine rings is 1. The zero-order valence-electron chi connectivity index (χ0n) is 8.58. The second-order valence-electron chi connectivity index (χ2n) is 3.73. The average molecular weight is 227 g/mol. The molecule has 82 valence electrons. The van der Waals surface area contributed by atoms with Crippen LogP contribution in [0.15, 0.2) is 18.5 Å². The molecule has 1 fully saturated rings.